The Kier molecular flexibility index (Phi) is 4.13. The lowest BCUT2D eigenvalue weighted by atomic mass is 10.1. The molecule has 3 heteroatoms. The highest BCUT2D eigenvalue weighted by atomic mass is 16.2. The van der Waals surface area contributed by atoms with Crippen molar-refractivity contribution in [2.75, 3.05) is 0 Å². The zero-order valence-corrected chi connectivity index (χ0v) is 11.1. The zero-order valence-electron chi connectivity index (χ0n) is 11.1. The first-order valence-electron chi connectivity index (χ1n) is 6.64. The molecule has 0 atom stereocenters. The second-order valence-electron chi connectivity index (χ2n) is 4.89. The lowest BCUT2D eigenvalue weighted by Crippen LogP contribution is -2.20. The quantitative estimate of drug-likeness (QED) is 0.628. The van der Waals surface area contributed by atoms with Crippen LogP contribution < -0.4 is 5.43 Å². The number of aryl methyl sites for hydroxylation is 1. The minimum atomic E-state index is 0.0527. The molecule has 0 unspecified atom stereocenters. The third kappa shape index (κ3) is 3.42. The van der Waals surface area contributed by atoms with Gasteiger partial charge in [0.15, 0.2) is 0 Å². The summed E-state index contributed by atoms with van der Waals surface area (Å²) in [6.45, 7) is 4.09. The van der Waals surface area contributed by atoms with Crippen LogP contribution in [0.4, 0.5) is 0 Å². The van der Waals surface area contributed by atoms with E-state index in [4.69, 9.17) is 0 Å². The Morgan fingerprint density at radius 2 is 2.00 bits per heavy atom. The lowest BCUT2D eigenvalue weighted by Gasteiger charge is -2.04. The Bertz CT molecular complexity index is 444. The Hall–Kier alpha value is -1.64. The molecule has 1 saturated carbocycles. The molecule has 1 aliphatic carbocycles. The molecule has 1 aromatic rings. The van der Waals surface area contributed by atoms with E-state index in [1.807, 2.05) is 6.92 Å². The molecule has 1 amide bonds. The molecular weight excluding hydrogens is 224 g/mol. The smallest absolute Gasteiger partial charge is 0.243 e. The minimum Gasteiger partial charge on any atom is -0.273 e. The zero-order chi connectivity index (χ0) is 13.0. The van der Waals surface area contributed by atoms with Crippen LogP contribution in [0.2, 0.25) is 0 Å². The first-order chi connectivity index (χ1) is 8.70. The van der Waals surface area contributed by atoms with Crippen LogP contribution in [0.1, 0.15) is 44.2 Å². The van der Waals surface area contributed by atoms with Crippen LogP contribution in [-0.2, 0) is 11.2 Å². The maximum atomic E-state index is 11.5. The highest BCUT2D eigenvalue weighted by Crippen LogP contribution is 2.28. The second-order valence-corrected chi connectivity index (χ2v) is 4.89. The molecule has 0 spiro atoms. The van der Waals surface area contributed by atoms with Crippen molar-refractivity contribution in [3.8, 4) is 0 Å². The van der Waals surface area contributed by atoms with Crippen LogP contribution in [0.25, 0.3) is 0 Å². The van der Waals surface area contributed by atoms with Gasteiger partial charge in [0.25, 0.3) is 0 Å². The van der Waals surface area contributed by atoms with Gasteiger partial charge in [-0.15, -0.1) is 0 Å². The molecular formula is C15H20N2O. The Balaban J connectivity index is 1.96. The van der Waals surface area contributed by atoms with Gasteiger partial charge in [-0.1, -0.05) is 37.6 Å². The van der Waals surface area contributed by atoms with Gasteiger partial charge in [-0.05, 0) is 37.3 Å². The highest BCUT2D eigenvalue weighted by molar-refractivity contribution is 5.99. The van der Waals surface area contributed by atoms with E-state index < -0.39 is 0 Å². The molecule has 1 aliphatic rings. The number of hydrogen-bond donors (Lipinski definition) is 1. The molecule has 1 aromatic carbocycles. The number of hydrogen-bond acceptors (Lipinski definition) is 2. The van der Waals surface area contributed by atoms with Gasteiger partial charge >= 0.3 is 0 Å². The SMILES string of the molecule is CCCc1ccc(/C(C)=N/NC(=O)C2CC2)cc1. The predicted molar refractivity (Wildman–Crippen MR) is 73.5 cm³/mol. The molecule has 1 fully saturated rings. The van der Waals surface area contributed by atoms with Crippen LogP contribution in [0.3, 0.4) is 0 Å². The molecule has 3 nitrogen and oxygen atoms in total. The van der Waals surface area contributed by atoms with E-state index in [0.717, 1.165) is 37.0 Å². The van der Waals surface area contributed by atoms with Gasteiger partial charge in [-0.25, -0.2) is 5.43 Å². The van der Waals surface area contributed by atoms with Crippen LogP contribution in [0.15, 0.2) is 29.4 Å². The van der Waals surface area contributed by atoms with Gasteiger partial charge in [-0.2, -0.15) is 5.10 Å². The highest BCUT2D eigenvalue weighted by Gasteiger charge is 2.29. The summed E-state index contributed by atoms with van der Waals surface area (Å²) in [4.78, 5) is 11.5. The van der Waals surface area contributed by atoms with E-state index in [0.29, 0.717) is 0 Å². The van der Waals surface area contributed by atoms with E-state index in [2.05, 4.69) is 41.7 Å². The molecule has 1 N–H and O–H groups in total. The fraction of sp³-hybridized carbons (Fsp3) is 0.467. The number of benzene rings is 1. The number of nitrogens with zero attached hydrogens (tertiary/aromatic N) is 1. The van der Waals surface area contributed by atoms with Crippen molar-refractivity contribution in [3.63, 3.8) is 0 Å². The number of carbonyl (C=O) groups excluding carboxylic acids is 1. The van der Waals surface area contributed by atoms with Crippen molar-refractivity contribution >= 4 is 11.6 Å². The van der Waals surface area contributed by atoms with Crippen molar-refractivity contribution in [3.05, 3.63) is 35.4 Å². The van der Waals surface area contributed by atoms with Crippen LogP contribution in [-0.4, -0.2) is 11.6 Å². The van der Waals surface area contributed by atoms with Crippen molar-refractivity contribution in [1.82, 2.24) is 5.43 Å². The first-order valence-corrected chi connectivity index (χ1v) is 6.64. The summed E-state index contributed by atoms with van der Waals surface area (Å²) < 4.78 is 0. The van der Waals surface area contributed by atoms with E-state index in [-0.39, 0.29) is 11.8 Å². The minimum absolute atomic E-state index is 0.0527. The van der Waals surface area contributed by atoms with E-state index in [9.17, 15) is 4.79 Å². The Labute approximate surface area is 108 Å². The summed E-state index contributed by atoms with van der Waals surface area (Å²) in [5.74, 6) is 0.255. The fourth-order valence-electron chi connectivity index (χ4n) is 1.84. The van der Waals surface area contributed by atoms with E-state index in [1.54, 1.807) is 0 Å². The predicted octanol–water partition coefficient (Wildman–Crippen LogP) is 2.89. The number of amides is 1. The van der Waals surface area contributed by atoms with Crippen molar-refractivity contribution in [2.24, 2.45) is 11.0 Å². The van der Waals surface area contributed by atoms with Gasteiger partial charge < -0.3 is 0 Å². The monoisotopic (exact) mass is 244 g/mol. The molecule has 2 rings (SSSR count). The van der Waals surface area contributed by atoms with Crippen molar-refractivity contribution < 1.29 is 4.79 Å². The number of hydrazone groups is 1. The fourth-order valence-corrected chi connectivity index (χ4v) is 1.84. The number of nitrogens with one attached hydrogen (secondary N) is 1. The van der Waals surface area contributed by atoms with E-state index >= 15 is 0 Å². The number of carbonyl (C=O) groups is 1. The summed E-state index contributed by atoms with van der Waals surface area (Å²) >= 11 is 0. The van der Waals surface area contributed by atoms with Gasteiger partial charge in [0.05, 0.1) is 5.71 Å². The molecule has 0 bridgehead atoms. The standard InChI is InChI=1S/C15H20N2O/c1-3-4-12-5-7-13(8-6-12)11(2)16-17-15(18)14-9-10-14/h5-8,14H,3-4,9-10H2,1-2H3,(H,17,18)/b16-11+. The Morgan fingerprint density at radius 1 is 1.33 bits per heavy atom. The topological polar surface area (TPSA) is 41.5 Å². The summed E-state index contributed by atoms with van der Waals surface area (Å²) in [6, 6.07) is 8.38. The third-order valence-electron chi connectivity index (χ3n) is 3.19. The summed E-state index contributed by atoms with van der Waals surface area (Å²) in [7, 11) is 0. The third-order valence-corrected chi connectivity index (χ3v) is 3.19. The molecule has 0 aliphatic heterocycles. The average Bonchev–Trinajstić information content (AvgIpc) is 3.21. The van der Waals surface area contributed by atoms with Gasteiger partial charge in [0.2, 0.25) is 5.91 Å². The summed E-state index contributed by atoms with van der Waals surface area (Å²) in [5.41, 5.74) is 5.89. The first kappa shape index (κ1) is 12.8. The van der Waals surface area contributed by atoms with Crippen molar-refractivity contribution in [1.29, 1.82) is 0 Å². The molecule has 18 heavy (non-hydrogen) atoms. The molecule has 0 saturated heterocycles. The largest absolute Gasteiger partial charge is 0.273 e. The maximum Gasteiger partial charge on any atom is 0.243 e. The average molecular weight is 244 g/mol. The normalized spacial score (nSPS) is 15.6. The summed E-state index contributed by atoms with van der Waals surface area (Å²) in [5, 5.41) is 4.15. The van der Waals surface area contributed by atoms with E-state index in [1.165, 1.54) is 5.56 Å². The van der Waals surface area contributed by atoms with Gasteiger partial charge in [0.1, 0.15) is 0 Å². The van der Waals surface area contributed by atoms with Crippen LogP contribution >= 0.6 is 0 Å². The Morgan fingerprint density at radius 3 is 2.56 bits per heavy atom. The number of rotatable bonds is 5. The van der Waals surface area contributed by atoms with Crippen LogP contribution in [0, 0.1) is 5.92 Å². The molecule has 0 radical (unpaired) electrons. The molecule has 0 heterocycles. The lowest BCUT2D eigenvalue weighted by molar-refractivity contribution is -0.122. The maximum absolute atomic E-state index is 11.5. The van der Waals surface area contributed by atoms with Gasteiger partial charge in [-0.3, -0.25) is 4.79 Å². The van der Waals surface area contributed by atoms with Gasteiger partial charge in [0, 0.05) is 5.92 Å². The summed E-state index contributed by atoms with van der Waals surface area (Å²) in [6.07, 6.45) is 4.27. The molecule has 0 aromatic heterocycles. The molecule has 96 valence electrons. The second kappa shape index (κ2) is 5.80. The van der Waals surface area contributed by atoms with Crippen molar-refractivity contribution in [2.45, 2.75) is 39.5 Å². The van der Waals surface area contributed by atoms with Crippen LogP contribution in [0.5, 0.6) is 0 Å².